The van der Waals surface area contributed by atoms with E-state index in [1.54, 1.807) is 32.3 Å². The zero-order valence-corrected chi connectivity index (χ0v) is 8.98. The third kappa shape index (κ3) is 1.56. The number of carbonyl (C=O) groups is 1. The number of anilines is 1. The van der Waals surface area contributed by atoms with E-state index in [0.717, 1.165) is 16.5 Å². The Morgan fingerprint density at radius 2 is 2.19 bits per heavy atom. The van der Waals surface area contributed by atoms with Crippen molar-refractivity contribution in [3.05, 3.63) is 29.6 Å². The topological polar surface area (TPSA) is 75.1 Å². The fraction of sp³-hybridized carbons (Fsp3) is 0.182. The highest BCUT2D eigenvalue weighted by molar-refractivity contribution is 6.01. The van der Waals surface area contributed by atoms with Crippen LogP contribution in [0.25, 0.3) is 10.8 Å². The average Bonchev–Trinajstić information content (AvgIpc) is 2.27. The minimum Gasteiger partial charge on any atom is -0.478 e. The lowest BCUT2D eigenvalue weighted by Gasteiger charge is -2.08. The Morgan fingerprint density at radius 1 is 1.44 bits per heavy atom. The van der Waals surface area contributed by atoms with Crippen LogP contribution in [0.4, 0.5) is 5.69 Å². The van der Waals surface area contributed by atoms with Crippen LogP contribution in [0.3, 0.4) is 0 Å². The predicted molar refractivity (Wildman–Crippen MR) is 60.8 cm³/mol. The van der Waals surface area contributed by atoms with Gasteiger partial charge in [0.25, 0.3) is 0 Å². The van der Waals surface area contributed by atoms with Crippen molar-refractivity contribution in [3.8, 4) is 0 Å². The Labute approximate surface area is 92.1 Å². The number of aromatic carboxylic acids is 1. The number of benzene rings is 1. The van der Waals surface area contributed by atoms with Gasteiger partial charge in [-0.1, -0.05) is 0 Å². The summed E-state index contributed by atoms with van der Waals surface area (Å²) in [5, 5.41) is 21.4. The molecule has 0 bridgehead atoms. The number of aromatic nitrogens is 2. The summed E-state index contributed by atoms with van der Waals surface area (Å²) in [6, 6.07) is 3.38. The summed E-state index contributed by atoms with van der Waals surface area (Å²) in [4.78, 5) is 11.1. The Morgan fingerprint density at radius 3 is 2.81 bits per heavy atom. The zero-order chi connectivity index (χ0) is 11.7. The molecule has 0 fully saturated rings. The molecule has 0 aliphatic heterocycles. The van der Waals surface area contributed by atoms with Gasteiger partial charge in [0.2, 0.25) is 0 Å². The van der Waals surface area contributed by atoms with Crippen molar-refractivity contribution in [3.63, 3.8) is 0 Å². The molecule has 0 unspecified atom stereocenters. The van der Waals surface area contributed by atoms with Crippen molar-refractivity contribution >= 4 is 22.4 Å². The molecule has 0 spiro atoms. The van der Waals surface area contributed by atoms with E-state index in [2.05, 4.69) is 15.5 Å². The Balaban J connectivity index is 2.81. The maximum absolute atomic E-state index is 11.1. The predicted octanol–water partition coefficient (Wildman–Crippen LogP) is 1.68. The standard InChI is InChI=1S/C11H11N3O2/c1-6-8-4-9(11(15)16)10(12-2)3-7(8)5-13-14-6/h3-5,12H,1-2H3,(H,15,16). The van der Waals surface area contributed by atoms with Crippen molar-refractivity contribution in [2.75, 3.05) is 12.4 Å². The molecule has 0 saturated heterocycles. The van der Waals surface area contributed by atoms with Gasteiger partial charge in [-0.25, -0.2) is 4.79 Å². The highest BCUT2D eigenvalue weighted by Gasteiger charge is 2.11. The quantitative estimate of drug-likeness (QED) is 0.800. The molecule has 1 aromatic heterocycles. The fourth-order valence-electron chi connectivity index (χ4n) is 1.65. The lowest BCUT2D eigenvalue weighted by atomic mass is 10.1. The van der Waals surface area contributed by atoms with E-state index in [-0.39, 0.29) is 5.56 Å². The van der Waals surface area contributed by atoms with Gasteiger partial charge in [0.05, 0.1) is 17.5 Å². The van der Waals surface area contributed by atoms with Crippen LogP contribution in [0, 0.1) is 6.92 Å². The Kier molecular flexibility index (Phi) is 2.44. The first-order chi connectivity index (χ1) is 7.63. The molecular formula is C11H11N3O2. The van der Waals surface area contributed by atoms with Crippen molar-refractivity contribution in [1.29, 1.82) is 0 Å². The second-order valence-electron chi connectivity index (χ2n) is 3.47. The van der Waals surface area contributed by atoms with Crippen LogP contribution in [-0.2, 0) is 0 Å². The molecule has 0 atom stereocenters. The van der Waals surface area contributed by atoms with Crippen LogP contribution in [0.15, 0.2) is 18.3 Å². The number of nitrogens with zero attached hydrogens (tertiary/aromatic N) is 2. The van der Waals surface area contributed by atoms with Crippen LogP contribution >= 0.6 is 0 Å². The van der Waals surface area contributed by atoms with E-state index < -0.39 is 5.97 Å². The van der Waals surface area contributed by atoms with Crippen molar-refractivity contribution < 1.29 is 9.90 Å². The smallest absolute Gasteiger partial charge is 0.337 e. The number of nitrogens with one attached hydrogen (secondary N) is 1. The average molecular weight is 217 g/mol. The number of aryl methyl sites for hydroxylation is 1. The molecule has 1 heterocycles. The SMILES string of the molecule is CNc1cc2cnnc(C)c2cc1C(=O)O. The maximum Gasteiger partial charge on any atom is 0.337 e. The van der Waals surface area contributed by atoms with Gasteiger partial charge in [0, 0.05) is 23.5 Å². The summed E-state index contributed by atoms with van der Waals surface area (Å²) in [7, 11) is 1.69. The van der Waals surface area contributed by atoms with Crippen molar-refractivity contribution in [1.82, 2.24) is 10.2 Å². The Hall–Kier alpha value is -2.17. The first-order valence-electron chi connectivity index (χ1n) is 4.80. The first kappa shape index (κ1) is 10.4. The Bertz CT molecular complexity index is 566. The van der Waals surface area contributed by atoms with E-state index in [4.69, 9.17) is 5.11 Å². The molecule has 5 heteroatoms. The van der Waals surface area contributed by atoms with Crippen LogP contribution in [-0.4, -0.2) is 28.3 Å². The van der Waals surface area contributed by atoms with Crippen LogP contribution in [0.1, 0.15) is 16.1 Å². The second-order valence-corrected chi connectivity index (χ2v) is 3.47. The highest BCUT2D eigenvalue weighted by Crippen LogP contribution is 2.24. The van der Waals surface area contributed by atoms with E-state index in [1.807, 2.05) is 0 Å². The molecule has 5 nitrogen and oxygen atoms in total. The molecule has 0 aliphatic rings. The van der Waals surface area contributed by atoms with Gasteiger partial charge in [0.15, 0.2) is 0 Å². The fourth-order valence-corrected chi connectivity index (χ4v) is 1.65. The molecule has 0 aliphatic carbocycles. The third-order valence-electron chi connectivity index (χ3n) is 2.48. The molecule has 1 aromatic carbocycles. The van der Waals surface area contributed by atoms with E-state index in [1.165, 1.54) is 0 Å². The van der Waals surface area contributed by atoms with Gasteiger partial charge in [-0.05, 0) is 19.1 Å². The summed E-state index contributed by atoms with van der Waals surface area (Å²) in [6.07, 6.45) is 1.62. The first-order valence-corrected chi connectivity index (χ1v) is 4.80. The van der Waals surface area contributed by atoms with Crippen molar-refractivity contribution in [2.24, 2.45) is 0 Å². The molecular weight excluding hydrogens is 206 g/mol. The minimum atomic E-state index is -0.956. The summed E-state index contributed by atoms with van der Waals surface area (Å²) >= 11 is 0. The lowest BCUT2D eigenvalue weighted by molar-refractivity contribution is 0.0698. The van der Waals surface area contributed by atoms with Crippen LogP contribution in [0.5, 0.6) is 0 Å². The van der Waals surface area contributed by atoms with Crippen LogP contribution in [0.2, 0.25) is 0 Å². The number of rotatable bonds is 2. The molecule has 2 aromatic rings. The summed E-state index contributed by atoms with van der Waals surface area (Å²) in [5.74, 6) is -0.956. The minimum absolute atomic E-state index is 0.242. The van der Waals surface area contributed by atoms with Gasteiger partial charge >= 0.3 is 5.97 Å². The largest absolute Gasteiger partial charge is 0.478 e. The normalized spacial score (nSPS) is 10.4. The van der Waals surface area contributed by atoms with Gasteiger partial charge in [-0.3, -0.25) is 0 Å². The molecule has 0 radical (unpaired) electrons. The molecule has 82 valence electrons. The number of hydrogen-bond acceptors (Lipinski definition) is 4. The van der Waals surface area contributed by atoms with Gasteiger partial charge < -0.3 is 10.4 Å². The molecule has 2 N–H and O–H groups in total. The van der Waals surface area contributed by atoms with Crippen LogP contribution < -0.4 is 5.32 Å². The molecule has 16 heavy (non-hydrogen) atoms. The summed E-state index contributed by atoms with van der Waals surface area (Å²) < 4.78 is 0. The van der Waals surface area contributed by atoms with Crippen molar-refractivity contribution in [2.45, 2.75) is 6.92 Å². The lowest BCUT2D eigenvalue weighted by Crippen LogP contribution is -2.03. The van der Waals surface area contributed by atoms with E-state index >= 15 is 0 Å². The van der Waals surface area contributed by atoms with E-state index in [9.17, 15) is 4.79 Å². The number of carboxylic acids is 1. The molecule has 0 amide bonds. The van der Waals surface area contributed by atoms with Gasteiger partial charge in [0.1, 0.15) is 0 Å². The zero-order valence-electron chi connectivity index (χ0n) is 8.98. The number of hydrogen-bond donors (Lipinski definition) is 2. The van der Waals surface area contributed by atoms with Gasteiger partial charge in [-0.15, -0.1) is 0 Å². The number of fused-ring (bicyclic) bond motifs is 1. The summed E-state index contributed by atoms with van der Waals surface area (Å²) in [6.45, 7) is 1.81. The monoisotopic (exact) mass is 217 g/mol. The maximum atomic E-state index is 11.1. The second kappa shape index (κ2) is 3.77. The molecule has 0 saturated carbocycles. The number of carboxylic acid groups (broad SMARTS) is 1. The van der Waals surface area contributed by atoms with E-state index in [0.29, 0.717) is 5.69 Å². The summed E-state index contributed by atoms with van der Waals surface area (Å²) in [5.41, 5.74) is 1.54. The van der Waals surface area contributed by atoms with Gasteiger partial charge in [-0.2, -0.15) is 10.2 Å². The highest BCUT2D eigenvalue weighted by atomic mass is 16.4. The third-order valence-corrected chi connectivity index (χ3v) is 2.48. The molecule has 2 rings (SSSR count).